The lowest BCUT2D eigenvalue weighted by atomic mass is 9.93. The normalized spacial score (nSPS) is 25.2. The van der Waals surface area contributed by atoms with Gasteiger partial charge in [-0.15, -0.1) is 11.3 Å². The molecule has 110 valence electrons. The maximum atomic E-state index is 5.57. The Bertz CT molecular complexity index is 483. The Morgan fingerprint density at radius 2 is 2.40 bits per heavy atom. The number of nitrogens with one attached hydrogen (secondary N) is 2. The van der Waals surface area contributed by atoms with Crippen LogP contribution < -0.4 is 10.6 Å². The van der Waals surface area contributed by atoms with Crippen molar-refractivity contribution in [3.05, 3.63) is 10.6 Å². The first-order valence-electron chi connectivity index (χ1n) is 7.35. The Kier molecular flexibility index (Phi) is 4.53. The van der Waals surface area contributed by atoms with E-state index in [4.69, 9.17) is 17.0 Å². The molecule has 2 heterocycles. The summed E-state index contributed by atoms with van der Waals surface area (Å²) in [6.45, 7) is 3.97. The SMILES string of the molecule is C[C@@H]1CCc2nc(NC(=S)NC[C@@H]3CCCO3)sc2C1. The summed E-state index contributed by atoms with van der Waals surface area (Å²) in [5.74, 6) is 0.778. The van der Waals surface area contributed by atoms with Crippen LogP contribution in [0.3, 0.4) is 0 Å². The van der Waals surface area contributed by atoms with Crippen LogP contribution in [0.15, 0.2) is 0 Å². The van der Waals surface area contributed by atoms with Crippen molar-refractivity contribution in [3.63, 3.8) is 0 Å². The van der Waals surface area contributed by atoms with Crippen molar-refractivity contribution in [1.82, 2.24) is 10.3 Å². The Morgan fingerprint density at radius 3 is 3.20 bits per heavy atom. The van der Waals surface area contributed by atoms with E-state index in [1.807, 2.05) is 0 Å². The van der Waals surface area contributed by atoms with Gasteiger partial charge in [-0.05, 0) is 50.2 Å². The molecule has 0 saturated carbocycles. The minimum absolute atomic E-state index is 0.306. The number of aromatic nitrogens is 1. The number of anilines is 1. The zero-order chi connectivity index (χ0) is 13.9. The van der Waals surface area contributed by atoms with Crippen LogP contribution >= 0.6 is 23.6 Å². The summed E-state index contributed by atoms with van der Waals surface area (Å²) in [6.07, 6.45) is 6.09. The third kappa shape index (κ3) is 3.48. The summed E-state index contributed by atoms with van der Waals surface area (Å²) in [6, 6.07) is 0. The van der Waals surface area contributed by atoms with Gasteiger partial charge in [-0.3, -0.25) is 0 Å². The van der Waals surface area contributed by atoms with E-state index in [0.717, 1.165) is 49.9 Å². The fourth-order valence-corrected chi connectivity index (χ4v) is 4.17. The van der Waals surface area contributed by atoms with Gasteiger partial charge >= 0.3 is 0 Å². The second kappa shape index (κ2) is 6.37. The first-order valence-corrected chi connectivity index (χ1v) is 8.58. The van der Waals surface area contributed by atoms with E-state index >= 15 is 0 Å². The Labute approximate surface area is 129 Å². The van der Waals surface area contributed by atoms with Crippen LogP contribution in [0, 0.1) is 5.92 Å². The van der Waals surface area contributed by atoms with Crippen LogP contribution in [0.25, 0.3) is 0 Å². The standard InChI is InChI=1S/C14H21N3OS2/c1-9-4-5-11-12(7-9)20-14(16-11)17-13(19)15-8-10-3-2-6-18-10/h9-10H,2-8H2,1H3,(H2,15,16,17,19)/t9-,10+/m1/s1. The number of thiocarbonyl (C=S) groups is 1. The molecule has 0 unspecified atom stereocenters. The van der Waals surface area contributed by atoms with E-state index in [-0.39, 0.29) is 0 Å². The van der Waals surface area contributed by atoms with E-state index in [1.165, 1.54) is 17.0 Å². The summed E-state index contributed by atoms with van der Waals surface area (Å²) in [5, 5.41) is 8.01. The number of rotatable bonds is 3. The van der Waals surface area contributed by atoms with Gasteiger partial charge in [0.15, 0.2) is 10.2 Å². The molecule has 3 rings (SSSR count). The summed E-state index contributed by atoms with van der Waals surface area (Å²) >= 11 is 7.07. The molecule has 1 aromatic heterocycles. The lowest BCUT2D eigenvalue weighted by Gasteiger charge is -2.15. The quantitative estimate of drug-likeness (QED) is 0.841. The van der Waals surface area contributed by atoms with E-state index in [0.29, 0.717) is 11.2 Å². The smallest absolute Gasteiger partial charge is 0.189 e. The monoisotopic (exact) mass is 311 g/mol. The van der Waals surface area contributed by atoms with Crippen LogP contribution in [0.4, 0.5) is 5.13 Å². The van der Waals surface area contributed by atoms with Gasteiger partial charge in [0.1, 0.15) is 0 Å². The molecule has 0 spiro atoms. The van der Waals surface area contributed by atoms with Gasteiger partial charge in [-0.25, -0.2) is 4.98 Å². The van der Waals surface area contributed by atoms with Crippen molar-refractivity contribution in [2.45, 2.75) is 45.1 Å². The van der Waals surface area contributed by atoms with Crippen molar-refractivity contribution >= 4 is 33.8 Å². The number of ether oxygens (including phenoxy) is 1. The average molecular weight is 311 g/mol. The highest BCUT2D eigenvalue weighted by Gasteiger charge is 2.20. The molecule has 2 aliphatic rings. The second-order valence-corrected chi connectivity index (χ2v) is 7.20. The number of fused-ring (bicyclic) bond motifs is 1. The van der Waals surface area contributed by atoms with Gasteiger partial charge < -0.3 is 15.4 Å². The minimum Gasteiger partial charge on any atom is -0.376 e. The predicted molar refractivity (Wildman–Crippen MR) is 86.5 cm³/mol. The Morgan fingerprint density at radius 1 is 1.50 bits per heavy atom. The highest BCUT2D eigenvalue weighted by atomic mass is 32.1. The zero-order valence-electron chi connectivity index (χ0n) is 11.8. The van der Waals surface area contributed by atoms with Gasteiger partial charge in [-0.1, -0.05) is 6.92 Å². The highest BCUT2D eigenvalue weighted by molar-refractivity contribution is 7.80. The molecule has 4 nitrogen and oxygen atoms in total. The van der Waals surface area contributed by atoms with Crippen LogP contribution in [0.2, 0.25) is 0 Å². The number of aryl methyl sites for hydroxylation is 1. The largest absolute Gasteiger partial charge is 0.376 e. The fraction of sp³-hybridized carbons (Fsp3) is 0.714. The van der Waals surface area contributed by atoms with Crippen LogP contribution in [0.1, 0.15) is 36.8 Å². The van der Waals surface area contributed by atoms with Crippen molar-refractivity contribution in [2.75, 3.05) is 18.5 Å². The topological polar surface area (TPSA) is 46.2 Å². The van der Waals surface area contributed by atoms with E-state index in [2.05, 4.69) is 22.5 Å². The molecule has 1 aliphatic heterocycles. The van der Waals surface area contributed by atoms with Crippen molar-refractivity contribution in [2.24, 2.45) is 5.92 Å². The molecule has 0 bridgehead atoms. The predicted octanol–water partition coefficient (Wildman–Crippen LogP) is 2.73. The first kappa shape index (κ1) is 14.2. The lowest BCUT2D eigenvalue weighted by Crippen LogP contribution is -2.34. The number of nitrogens with zero attached hydrogens (tertiary/aromatic N) is 1. The van der Waals surface area contributed by atoms with Gasteiger partial charge in [0.05, 0.1) is 11.8 Å². The molecule has 1 saturated heterocycles. The molecule has 1 aromatic rings. The van der Waals surface area contributed by atoms with E-state index in [9.17, 15) is 0 Å². The molecule has 1 fully saturated rings. The molecule has 6 heteroatoms. The number of thiazole rings is 1. The summed E-state index contributed by atoms with van der Waals surface area (Å²) in [5.41, 5.74) is 1.26. The first-order chi connectivity index (χ1) is 9.70. The van der Waals surface area contributed by atoms with Crippen molar-refractivity contribution in [1.29, 1.82) is 0 Å². The summed E-state index contributed by atoms with van der Waals surface area (Å²) in [4.78, 5) is 6.08. The summed E-state index contributed by atoms with van der Waals surface area (Å²) < 4.78 is 5.57. The number of hydrogen-bond donors (Lipinski definition) is 2. The van der Waals surface area contributed by atoms with Gasteiger partial charge in [0.2, 0.25) is 0 Å². The van der Waals surface area contributed by atoms with E-state index < -0.39 is 0 Å². The molecule has 2 atom stereocenters. The molecule has 1 aliphatic carbocycles. The zero-order valence-corrected chi connectivity index (χ0v) is 13.4. The molecule has 2 N–H and O–H groups in total. The molecular formula is C14H21N3OS2. The lowest BCUT2D eigenvalue weighted by molar-refractivity contribution is 0.114. The third-order valence-electron chi connectivity index (χ3n) is 3.92. The molecule has 0 radical (unpaired) electrons. The van der Waals surface area contributed by atoms with Gasteiger partial charge in [0, 0.05) is 18.0 Å². The molecule has 0 amide bonds. The summed E-state index contributed by atoms with van der Waals surface area (Å²) in [7, 11) is 0. The van der Waals surface area contributed by atoms with E-state index in [1.54, 1.807) is 11.3 Å². The number of hydrogen-bond acceptors (Lipinski definition) is 4. The van der Waals surface area contributed by atoms with Gasteiger partial charge in [-0.2, -0.15) is 0 Å². The fourth-order valence-electron chi connectivity index (χ4n) is 2.75. The maximum absolute atomic E-state index is 5.57. The van der Waals surface area contributed by atoms with Crippen molar-refractivity contribution in [3.8, 4) is 0 Å². The Hall–Kier alpha value is -0.720. The average Bonchev–Trinajstić information content (AvgIpc) is 3.04. The molecular weight excluding hydrogens is 290 g/mol. The van der Waals surface area contributed by atoms with Crippen LogP contribution in [-0.4, -0.2) is 29.4 Å². The molecule has 20 heavy (non-hydrogen) atoms. The van der Waals surface area contributed by atoms with Crippen LogP contribution in [-0.2, 0) is 17.6 Å². The third-order valence-corrected chi connectivity index (χ3v) is 5.20. The van der Waals surface area contributed by atoms with Gasteiger partial charge in [0.25, 0.3) is 0 Å². The van der Waals surface area contributed by atoms with Crippen molar-refractivity contribution < 1.29 is 4.74 Å². The Balaban J connectivity index is 1.51. The van der Waals surface area contributed by atoms with Crippen LogP contribution in [0.5, 0.6) is 0 Å². The maximum Gasteiger partial charge on any atom is 0.189 e. The minimum atomic E-state index is 0.306. The molecule has 0 aromatic carbocycles. The highest BCUT2D eigenvalue weighted by Crippen LogP contribution is 2.31. The second-order valence-electron chi connectivity index (χ2n) is 5.71.